The van der Waals surface area contributed by atoms with Gasteiger partial charge in [0.05, 0.1) is 16.7 Å². The van der Waals surface area contributed by atoms with Crippen LogP contribution in [0.15, 0.2) is 71.3 Å². The fraction of sp³-hybridized carbons (Fsp3) is 0.167. The quantitative estimate of drug-likeness (QED) is 0.662. The second-order valence-corrected chi connectivity index (χ2v) is 6.04. The molecule has 3 rings (SSSR count). The third kappa shape index (κ3) is 3.56. The van der Waals surface area contributed by atoms with Crippen LogP contribution in [0.1, 0.15) is 27.8 Å². The van der Waals surface area contributed by atoms with E-state index in [1.807, 2.05) is 24.8 Å². The average Bonchev–Trinajstić information content (AvgIpc) is 2.95. The molecular formula is C18H17NOS. The van der Waals surface area contributed by atoms with Gasteiger partial charge >= 0.3 is 0 Å². The molecule has 0 fully saturated rings. The molecule has 1 heterocycles. The van der Waals surface area contributed by atoms with Gasteiger partial charge in [0.15, 0.2) is 0 Å². The minimum Gasteiger partial charge on any atom is -0.360 e. The zero-order valence-corrected chi connectivity index (χ0v) is 12.7. The SMILES string of the molecule is Cc1cc(CSC(c2ccccc2)c2ccccc2)on1. The molecule has 0 aliphatic rings. The van der Waals surface area contributed by atoms with Crippen molar-refractivity contribution < 1.29 is 4.52 Å². The van der Waals surface area contributed by atoms with Crippen molar-refractivity contribution in [3.8, 4) is 0 Å². The Bertz CT molecular complexity index is 639. The van der Waals surface area contributed by atoms with Gasteiger partial charge in [0.25, 0.3) is 0 Å². The Hall–Kier alpha value is -2.00. The molecule has 1 aromatic heterocycles. The first-order valence-electron chi connectivity index (χ1n) is 6.96. The molecular weight excluding hydrogens is 278 g/mol. The van der Waals surface area contributed by atoms with E-state index in [9.17, 15) is 0 Å². The summed E-state index contributed by atoms with van der Waals surface area (Å²) in [6.45, 7) is 1.95. The highest BCUT2D eigenvalue weighted by molar-refractivity contribution is 7.98. The maximum Gasteiger partial charge on any atom is 0.146 e. The Morgan fingerprint density at radius 1 is 0.952 bits per heavy atom. The van der Waals surface area contributed by atoms with Crippen molar-refractivity contribution in [1.82, 2.24) is 5.16 Å². The van der Waals surface area contributed by atoms with Gasteiger partial charge in [-0.1, -0.05) is 65.8 Å². The van der Waals surface area contributed by atoms with Crippen LogP contribution in [-0.2, 0) is 5.75 Å². The Balaban J connectivity index is 1.83. The van der Waals surface area contributed by atoms with Crippen molar-refractivity contribution in [2.45, 2.75) is 17.9 Å². The average molecular weight is 295 g/mol. The van der Waals surface area contributed by atoms with Crippen molar-refractivity contribution in [2.75, 3.05) is 0 Å². The minimum absolute atomic E-state index is 0.304. The Morgan fingerprint density at radius 2 is 1.52 bits per heavy atom. The summed E-state index contributed by atoms with van der Waals surface area (Å²) >= 11 is 1.86. The molecule has 21 heavy (non-hydrogen) atoms. The van der Waals surface area contributed by atoms with Crippen LogP contribution in [0.25, 0.3) is 0 Å². The van der Waals surface area contributed by atoms with Gasteiger partial charge in [-0.25, -0.2) is 0 Å². The Morgan fingerprint density at radius 3 is 2.00 bits per heavy atom. The van der Waals surface area contributed by atoms with E-state index in [0.29, 0.717) is 5.25 Å². The third-order valence-electron chi connectivity index (χ3n) is 3.27. The fourth-order valence-corrected chi connectivity index (χ4v) is 3.46. The Labute approximate surface area is 129 Å². The molecule has 3 heteroatoms. The molecule has 0 atom stereocenters. The second kappa shape index (κ2) is 6.64. The molecule has 0 unspecified atom stereocenters. The highest BCUT2D eigenvalue weighted by Crippen LogP contribution is 2.37. The molecule has 0 amide bonds. The Kier molecular flexibility index (Phi) is 4.41. The summed E-state index contributed by atoms with van der Waals surface area (Å²) in [6, 6.07) is 23.2. The molecule has 0 aliphatic carbocycles. The maximum absolute atomic E-state index is 5.32. The smallest absolute Gasteiger partial charge is 0.146 e. The van der Waals surface area contributed by atoms with E-state index in [1.54, 1.807) is 0 Å². The first-order chi connectivity index (χ1) is 10.3. The molecule has 2 nitrogen and oxygen atoms in total. The van der Waals surface area contributed by atoms with E-state index in [0.717, 1.165) is 17.2 Å². The van der Waals surface area contributed by atoms with E-state index in [1.165, 1.54) is 11.1 Å². The molecule has 0 radical (unpaired) electrons. The van der Waals surface area contributed by atoms with Crippen LogP contribution < -0.4 is 0 Å². The van der Waals surface area contributed by atoms with Gasteiger partial charge < -0.3 is 4.52 Å². The molecule has 0 N–H and O–H groups in total. The van der Waals surface area contributed by atoms with Gasteiger partial charge in [0.1, 0.15) is 5.76 Å². The van der Waals surface area contributed by atoms with E-state index in [-0.39, 0.29) is 0 Å². The van der Waals surface area contributed by atoms with Gasteiger partial charge in [0.2, 0.25) is 0 Å². The van der Waals surface area contributed by atoms with Crippen LogP contribution >= 0.6 is 11.8 Å². The monoisotopic (exact) mass is 295 g/mol. The maximum atomic E-state index is 5.32. The molecule has 0 saturated carbocycles. The molecule has 106 valence electrons. The largest absolute Gasteiger partial charge is 0.360 e. The topological polar surface area (TPSA) is 26.0 Å². The number of hydrogen-bond acceptors (Lipinski definition) is 3. The molecule has 0 saturated heterocycles. The van der Waals surface area contributed by atoms with Gasteiger partial charge in [-0.3, -0.25) is 0 Å². The van der Waals surface area contributed by atoms with Crippen LogP contribution in [0, 0.1) is 6.92 Å². The molecule has 3 aromatic rings. The lowest BCUT2D eigenvalue weighted by molar-refractivity contribution is 0.391. The fourth-order valence-electron chi connectivity index (χ4n) is 2.29. The lowest BCUT2D eigenvalue weighted by Gasteiger charge is -2.17. The number of hydrogen-bond donors (Lipinski definition) is 0. The summed E-state index contributed by atoms with van der Waals surface area (Å²) in [5, 5.41) is 4.26. The van der Waals surface area contributed by atoms with E-state index < -0.39 is 0 Å². The molecule has 2 aromatic carbocycles. The predicted molar refractivity (Wildman–Crippen MR) is 87.3 cm³/mol. The van der Waals surface area contributed by atoms with Crippen LogP contribution in [-0.4, -0.2) is 5.16 Å². The van der Waals surface area contributed by atoms with Crippen LogP contribution in [0.4, 0.5) is 0 Å². The van der Waals surface area contributed by atoms with Crippen LogP contribution in [0.5, 0.6) is 0 Å². The van der Waals surface area contributed by atoms with Crippen molar-refractivity contribution in [1.29, 1.82) is 0 Å². The summed E-state index contributed by atoms with van der Waals surface area (Å²) in [5.74, 6) is 1.74. The van der Waals surface area contributed by atoms with Crippen molar-refractivity contribution in [2.24, 2.45) is 0 Å². The van der Waals surface area contributed by atoms with Crippen LogP contribution in [0.3, 0.4) is 0 Å². The summed E-state index contributed by atoms with van der Waals surface area (Å²) < 4.78 is 5.32. The zero-order chi connectivity index (χ0) is 14.5. The lowest BCUT2D eigenvalue weighted by Crippen LogP contribution is -1.97. The highest BCUT2D eigenvalue weighted by atomic mass is 32.2. The number of aryl methyl sites for hydroxylation is 1. The van der Waals surface area contributed by atoms with Crippen molar-refractivity contribution >= 4 is 11.8 Å². The first kappa shape index (κ1) is 14.0. The lowest BCUT2D eigenvalue weighted by atomic mass is 10.0. The zero-order valence-electron chi connectivity index (χ0n) is 11.9. The number of thioether (sulfide) groups is 1. The van der Waals surface area contributed by atoms with E-state index in [2.05, 4.69) is 65.8 Å². The number of benzene rings is 2. The summed E-state index contributed by atoms with van der Waals surface area (Å²) in [5.41, 5.74) is 3.55. The summed E-state index contributed by atoms with van der Waals surface area (Å²) in [4.78, 5) is 0. The minimum atomic E-state index is 0.304. The van der Waals surface area contributed by atoms with Gasteiger partial charge in [-0.05, 0) is 18.1 Å². The molecule has 0 bridgehead atoms. The molecule has 0 aliphatic heterocycles. The number of rotatable bonds is 5. The van der Waals surface area contributed by atoms with Gasteiger partial charge in [0, 0.05) is 6.07 Å². The van der Waals surface area contributed by atoms with E-state index in [4.69, 9.17) is 4.52 Å². The van der Waals surface area contributed by atoms with Crippen LogP contribution in [0.2, 0.25) is 0 Å². The third-order valence-corrected chi connectivity index (χ3v) is 4.60. The normalized spacial score (nSPS) is 11.0. The predicted octanol–water partition coefficient (Wildman–Crippen LogP) is 5.01. The second-order valence-electron chi connectivity index (χ2n) is 4.95. The molecule has 0 spiro atoms. The summed E-state index contributed by atoms with van der Waals surface area (Å²) in [7, 11) is 0. The van der Waals surface area contributed by atoms with E-state index >= 15 is 0 Å². The number of aromatic nitrogens is 1. The van der Waals surface area contributed by atoms with Gasteiger partial charge in [-0.15, -0.1) is 11.8 Å². The number of nitrogens with zero attached hydrogens (tertiary/aromatic N) is 1. The van der Waals surface area contributed by atoms with Gasteiger partial charge in [-0.2, -0.15) is 0 Å². The standard InChI is InChI=1S/C18H17NOS/c1-14-12-17(20-19-14)13-21-18(15-8-4-2-5-9-15)16-10-6-3-7-11-16/h2-12,18H,13H2,1H3. The summed E-state index contributed by atoms with van der Waals surface area (Å²) in [6.07, 6.45) is 0. The highest BCUT2D eigenvalue weighted by Gasteiger charge is 2.15. The van der Waals surface area contributed by atoms with Crippen molar-refractivity contribution in [3.05, 3.63) is 89.3 Å². The van der Waals surface area contributed by atoms with Crippen molar-refractivity contribution in [3.63, 3.8) is 0 Å². The first-order valence-corrected chi connectivity index (χ1v) is 8.01.